The highest BCUT2D eigenvalue weighted by atomic mass is 32.2. The summed E-state index contributed by atoms with van der Waals surface area (Å²) in [6.45, 7) is 1.55. The molecule has 12 heteroatoms. The number of amides is 3. The van der Waals surface area contributed by atoms with E-state index >= 15 is 0 Å². The maximum absolute atomic E-state index is 13.8. The van der Waals surface area contributed by atoms with Crippen molar-refractivity contribution in [1.82, 2.24) is 20.5 Å². The van der Waals surface area contributed by atoms with Crippen molar-refractivity contribution in [2.75, 3.05) is 18.6 Å². The van der Waals surface area contributed by atoms with Crippen LogP contribution in [0, 0.1) is 0 Å². The first-order valence-electron chi connectivity index (χ1n) is 12.3. The van der Waals surface area contributed by atoms with E-state index in [9.17, 15) is 29.4 Å². The van der Waals surface area contributed by atoms with Crippen LogP contribution in [-0.2, 0) is 25.6 Å². The summed E-state index contributed by atoms with van der Waals surface area (Å²) < 4.78 is 0. The highest BCUT2D eigenvalue weighted by Gasteiger charge is 2.40. The fraction of sp³-hybridized carbons (Fsp3) is 0.520. The van der Waals surface area contributed by atoms with Gasteiger partial charge in [0.1, 0.15) is 12.1 Å². The molecule has 11 nitrogen and oxygen atoms in total. The van der Waals surface area contributed by atoms with Crippen molar-refractivity contribution in [1.29, 1.82) is 0 Å². The number of carbonyl (C=O) groups is 4. The molecule has 0 radical (unpaired) electrons. The first kappa shape index (κ1) is 28.5. The average molecular weight is 534 g/mol. The molecule has 3 rings (SSSR count). The van der Waals surface area contributed by atoms with Crippen LogP contribution < -0.4 is 16.4 Å². The van der Waals surface area contributed by atoms with Gasteiger partial charge >= 0.3 is 5.97 Å². The van der Waals surface area contributed by atoms with Crippen LogP contribution in [0.1, 0.15) is 31.7 Å². The van der Waals surface area contributed by atoms with Crippen LogP contribution >= 0.6 is 11.8 Å². The van der Waals surface area contributed by atoms with E-state index in [0.717, 1.165) is 16.5 Å². The SMILES string of the molecule is CSCCC(N)C(=O)NC(Cc1c[nH]c2ccccc12)C(=O)N1CCCC1C(=O)NC(C(=O)O)C(C)O. The number of aliphatic hydroxyl groups excluding tert-OH is 1. The van der Waals surface area contributed by atoms with Crippen molar-refractivity contribution in [3.63, 3.8) is 0 Å². The highest BCUT2D eigenvalue weighted by molar-refractivity contribution is 7.98. The number of carboxylic acids is 1. The second kappa shape index (κ2) is 12.9. The number of thioether (sulfide) groups is 1. The predicted molar refractivity (Wildman–Crippen MR) is 141 cm³/mol. The molecule has 5 atom stereocenters. The van der Waals surface area contributed by atoms with Gasteiger partial charge in [-0.05, 0) is 49.8 Å². The van der Waals surface area contributed by atoms with Crippen LogP contribution in [0.5, 0.6) is 0 Å². The lowest BCUT2D eigenvalue weighted by Crippen LogP contribution is -2.58. The number of nitrogens with one attached hydrogen (secondary N) is 3. The largest absolute Gasteiger partial charge is 0.480 e. The molecule has 1 aromatic heterocycles. The molecule has 2 aromatic rings. The molecule has 5 unspecified atom stereocenters. The number of nitrogens with two attached hydrogens (primary N) is 1. The molecule has 7 N–H and O–H groups in total. The lowest BCUT2D eigenvalue weighted by Gasteiger charge is -2.30. The van der Waals surface area contributed by atoms with Crippen molar-refractivity contribution in [2.24, 2.45) is 5.73 Å². The predicted octanol–water partition coefficient (Wildman–Crippen LogP) is 0.217. The molecule has 202 valence electrons. The van der Waals surface area contributed by atoms with Crippen LogP contribution in [0.4, 0.5) is 0 Å². The van der Waals surface area contributed by atoms with Gasteiger partial charge in [-0.1, -0.05) is 18.2 Å². The summed E-state index contributed by atoms with van der Waals surface area (Å²) in [5.41, 5.74) is 7.77. The standard InChI is InChI=1S/C25H35N5O6S/c1-14(31)21(25(35)36)29-23(33)20-8-5-10-30(20)24(34)19(28-22(32)17(26)9-11-37-2)12-15-13-27-18-7-4-3-6-16(15)18/h3-4,6-7,13-14,17,19-21,27,31H,5,8-12,26H2,1-2H3,(H,28,32)(H,29,33)(H,35,36). The van der Waals surface area contributed by atoms with Gasteiger partial charge in [-0.2, -0.15) is 11.8 Å². The molecular formula is C25H35N5O6S. The van der Waals surface area contributed by atoms with Crippen molar-refractivity contribution < 1.29 is 29.4 Å². The van der Waals surface area contributed by atoms with Gasteiger partial charge in [0.05, 0.1) is 12.1 Å². The van der Waals surface area contributed by atoms with Gasteiger partial charge in [0.2, 0.25) is 17.7 Å². The van der Waals surface area contributed by atoms with E-state index in [1.165, 1.54) is 11.8 Å². The van der Waals surface area contributed by atoms with Crippen molar-refractivity contribution in [3.05, 3.63) is 36.0 Å². The Morgan fingerprint density at radius 2 is 1.97 bits per heavy atom. The molecule has 1 aliphatic rings. The number of para-hydroxylation sites is 1. The summed E-state index contributed by atoms with van der Waals surface area (Å²) in [7, 11) is 0. The Morgan fingerprint density at radius 3 is 2.65 bits per heavy atom. The van der Waals surface area contributed by atoms with Gasteiger partial charge in [-0.3, -0.25) is 14.4 Å². The third-order valence-electron chi connectivity index (χ3n) is 6.57. The Balaban J connectivity index is 1.83. The van der Waals surface area contributed by atoms with Crippen molar-refractivity contribution in [2.45, 2.75) is 62.9 Å². The molecular weight excluding hydrogens is 498 g/mol. The first-order valence-corrected chi connectivity index (χ1v) is 13.6. The molecule has 1 aliphatic heterocycles. The molecule has 3 amide bonds. The number of fused-ring (bicyclic) bond motifs is 1. The summed E-state index contributed by atoms with van der Waals surface area (Å²) in [6, 6.07) is 3.43. The van der Waals surface area contributed by atoms with Crippen LogP contribution in [0.25, 0.3) is 10.9 Å². The number of aliphatic hydroxyl groups is 1. The molecule has 0 bridgehead atoms. The topological polar surface area (TPSA) is 178 Å². The fourth-order valence-electron chi connectivity index (χ4n) is 4.52. The number of hydrogen-bond acceptors (Lipinski definition) is 7. The number of carboxylic acid groups (broad SMARTS) is 1. The lowest BCUT2D eigenvalue weighted by molar-refractivity contribution is -0.147. The Hall–Kier alpha value is -3.09. The number of hydrogen-bond donors (Lipinski definition) is 6. The van der Waals surface area contributed by atoms with Gasteiger partial charge in [0, 0.05) is 30.1 Å². The third-order valence-corrected chi connectivity index (χ3v) is 7.21. The summed E-state index contributed by atoms with van der Waals surface area (Å²) in [5.74, 6) is -2.24. The Kier molecular flexibility index (Phi) is 9.95. The van der Waals surface area contributed by atoms with Crippen molar-refractivity contribution in [3.8, 4) is 0 Å². The van der Waals surface area contributed by atoms with Gasteiger partial charge in [0.15, 0.2) is 6.04 Å². The molecule has 0 spiro atoms. The zero-order chi connectivity index (χ0) is 27.1. The second-order valence-corrected chi connectivity index (χ2v) is 10.3. The van der Waals surface area contributed by atoms with Crippen LogP contribution in [-0.4, -0.2) is 92.6 Å². The maximum Gasteiger partial charge on any atom is 0.328 e. The maximum atomic E-state index is 13.8. The number of H-pyrrole nitrogens is 1. The van der Waals surface area contributed by atoms with E-state index < -0.39 is 54.0 Å². The Labute approximate surface area is 219 Å². The van der Waals surface area contributed by atoms with Gasteiger partial charge in [-0.15, -0.1) is 0 Å². The monoisotopic (exact) mass is 533 g/mol. The van der Waals surface area contributed by atoms with E-state index in [4.69, 9.17) is 5.73 Å². The molecule has 1 aromatic carbocycles. The van der Waals surface area contributed by atoms with E-state index in [-0.39, 0.29) is 13.0 Å². The average Bonchev–Trinajstić information content (AvgIpc) is 3.52. The lowest BCUT2D eigenvalue weighted by atomic mass is 10.0. The van der Waals surface area contributed by atoms with E-state index in [0.29, 0.717) is 25.0 Å². The summed E-state index contributed by atoms with van der Waals surface area (Å²) in [6.07, 6.45) is 3.90. The van der Waals surface area contributed by atoms with Gasteiger partial charge in [0.25, 0.3) is 0 Å². The molecule has 2 heterocycles. The highest BCUT2D eigenvalue weighted by Crippen LogP contribution is 2.23. The fourth-order valence-corrected chi connectivity index (χ4v) is 5.01. The van der Waals surface area contributed by atoms with E-state index in [1.807, 2.05) is 30.5 Å². The summed E-state index contributed by atoms with van der Waals surface area (Å²) >= 11 is 1.57. The zero-order valence-corrected chi connectivity index (χ0v) is 21.8. The summed E-state index contributed by atoms with van der Waals surface area (Å²) in [5, 5.41) is 25.1. The number of aromatic amines is 1. The zero-order valence-electron chi connectivity index (χ0n) is 21.0. The van der Waals surface area contributed by atoms with Crippen LogP contribution in [0.2, 0.25) is 0 Å². The number of rotatable bonds is 12. The minimum absolute atomic E-state index is 0.181. The normalized spacial score (nSPS) is 18.7. The van der Waals surface area contributed by atoms with Crippen molar-refractivity contribution >= 4 is 46.4 Å². The quantitative estimate of drug-likeness (QED) is 0.224. The smallest absolute Gasteiger partial charge is 0.328 e. The number of nitrogens with zero attached hydrogens (tertiary/aromatic N) is 1. The number of aromatic nitrogens is 1. The number of likely N-dealkylation sites (tertiary alicyclic amines) is 1. The first-order chi connectivity index (χ1) is 17.6. The Morgan fingerprint density at radius 1 is 1.24 bits per heavy atom. The number of carbonyl (C=O) groups excluding carboxylic acids is 3. The molecule has 37 heavy (non-hydrogen) atoms. The van der Waals surface area contributed by atoms with E-state index in [1.54, 1.807) is 18.0 Å². The van der Waals surface area contributed by atoms with E-state index in [2.05, 4.69) is 15.6 Å². The molecule has 1 fully saturated rings. The van der Waals surface area contributed by atoms with Gasteiger partial charge in [-0.25, -0.2) is 4.79 Å². The Bertz CT molecular complexity index is 1120. The minimum atomic E-state index is -1.50. The van der Waals surface area contributed by atoms with Crippen LogP contribution in [0.3, 0.4) is 0 Å². The second-order valence-electron chi connectivity index (χ2n) is 9.27. The molecule has 1 saturated heterocycles. The summed E-state index contributed by atoms with van der Waals surface area (Å²) in [4.78, 5) is 55.6. The van der Waals surface area contributed by atoms with Crippen LogP contribution in [0.15, 0.2) is 30.5 Å². The van der Waals surface area contributed by atoms with Gasteiger partial charge < -0.3 is 36.5 Å². The number of aliphatic carboxylic acids is 1. The molecule has 0 saturated carbocycles. The molecule has 0 aliphatic carbocycles. The number of benzene rings is 1. The minimum Gasteiger partial charge on any atom is -0.480 e. The third kappa shape index (κ3) is 7.02.